The van der Waals surface area contributed by atoms with Crippen LogP contribution in [0.5, 0.6) is 0 Å². The van der Waals surface area contributed by atoms with Gasteiger partial charge in [-0.15, -0.1) is 0 Å². The molecule has 130 valence electrons. The molecule has 0 saturated carbocycles. The van der Waals surface area contributed by atoms with E-state index in [2.05, 4.69) is 30.1 Å². The van der Waals surface area contributed by atoms with E-state index in [-0.39, 0.29) is 5.56 Å². The highest BCUT2D eigenvalue weighted by Crippen LogP contribution is 2.20. The van der Waals surface area contributed by atoms with E-state index in [1.54, 1.807) is 30.5 Å². The Morgan fingerprint density at radius 1 is 1.00 bits per heavy atom. The van der Waals surface area contributed by atoms with Gasteiger partial charge in [-0.3, -0.25) is 4.99 Å². The van der Waals surface area contributed by atoms with Gasteiger partial charge in [0.25, 0.3) is 0 Å². The fourth-order valence-electron chi connectivity index (χ4n) is 2.61. The molecule has 25 heavy (non-hydrogen) atoms. The normalized spacial score (nSPS) is 11.8. The van der Waals surface area contributed by atoms with Crippen molar-refractivity contribution in [2.24, 2.45) is 4.99 Å². The zero-order chi connectivity index (χ0) is 17.9. The molecule has 0 unspecified atom stereocenters. The van der Waals surface area contributed by atoms with Crippen LogP contribution in [0.15, 0.2) is 65.2 Å². The number of carboxylic acids is 1. The Labute approximate surface area is 149 Å². The lowest BCUT2D eigenvalue weighted by Crippen LogP contribution is -1.96. The summed E-state index contributed by atoms with van der Waals surface area (Å²) in [6.07, 6.45) is 9.61. The number of benzene rings is 2. The maximum absolute atomic E-state index is 11.3. The van der Waals surface area contributed by atoms with Crippen molar-refractivity contribution >= 4 is 23.9 Å². The molecule has 2 rings (SSSR count). The number of unbranched alkanes of at least 4 members (excludes halogenated alkanes) is 3. The first-order valence-corrected chi connectivity index (χ1v) is 8.82. The molecule has 2 aromatic carbocycles. The molecule has 3 nitrogen and oxygen atoms in total. The number of rotatable bonds is 9. The van der Waals surface area contributed by atoms with E-state index in [9.17, 15) is 9.90 Å². The minimum atomic E-state index is -0.954. The Bertz CT molecular complexity index is 733. The fourth-order valence-corrected chi connectivity index (χ4v) is 2.61. The number of hydrogen-bond donors (Lipinski definition) is 1. The van der Waals surface area contributed by atoms with Gasteiger partial charge in [0, 0.05) is 6.21 Å². The van der Waals surface area contributed by atoms with Gasteiger partial charge in [-0.25, -0.2) is 4.79 Å². The number of carbonyl (C=O) groups is 1. The minimum Gasteiger partial charge on any atom is -0.478 e. The van der Waals surface area contributed by atoms with E-state index >= 15 is 0 Å². The lowest BCUT2D eigenvalue weighted by atomic mass is 10.0. The van der Waals surface area contributed by atoms with Crippen molar-refractivity contribution in [3.63, 3.8) is 0 Å². The Morgan fingerprint density at radius 2 is 1.72 bits per heavy atom. The molecule has 0 amide bonds. The number of para-hydroxylation sites is 1. The van der Waals surface area contributed by atoms with Crippen LogP contribution in [0, 0.1) is 0 Å². The van der Waals surface area contributed by atoms with E-state index in [1.807, 2.05) is 18.2 Å². The topological polar surface area (TPSA) is 49.7 Å². The zero-order valence-corrected chi connectivity index (χ0v) is 14.7. The van der Waals surface area contributed by atoms with Crippen molar-refractivity contribution in [3.8, 4) is 0 Å². The summed E-state index contributed by atoms with van der Waals surface area (Å²) in [5.41, 5.74) is 2.96. The van der Waals surface area contributed by atoms with Gasteiger partial charge in [0.05, 0.1) is 11.3 Å². The third-order valence-electron chi connectivity index (χ3n) is 3.97. The standard InChI is InChI=1S/C22H25NO2/c1-2-3-4-6-13-19(16-18-11-7-5-8-12-18)17-23-21-15-10-9-14-20(21)22(24)25/h5,7-12,14-17H,2-4,6,13H2,1H3,(H,24,25). The van der Waals surface area contributed by atoms with Crippen LogP contribution in [0.25, 0.3) is 6.08 Å². The molecular formula is C22H25NO2. The highest BCUT2D eigenvalue weighted by Gasteiger charge is 2.07. The van der Waals surface area contributed by atoms with Crippen LogP contribution < -0.4 is 0 Å². The first-order valence-electron chi connectivity index (χ1n) is 8.82. The summed E-state index contributed by atoms with van der Waals surface area (Å²) >= 11 is 0. The zero-order valence-electron chi connectivity index (χ0n) is 14.7. The van der Waals surface area contributed by atoms with E-state index in [0.717, 1.165) is 24.0 Å². The Balaban J connectivity index is 2.20. The lowest BCUT2D eigenvalue weighted by molar-refractivity contribution is 0.0698. The van der Waals surface area contributed by atoms with Crippen LogP contribution in [0.1, 0.15) is 54.9 Å². The van der Waals surface area contributed by atoms with Gasteiger partial charge < -0.3 is 5.11 Å². The minimum absolute atomic E-state index is 0.226. The summed E-state index contributed by atoms with van der Waals surface area (Å²) in [6, 6.07) is 17.0. The third kappa shape index (κ3) is 6.38. The number of allylic oxidation sites excluding steroid dienone is 1. The monoisotopic (exact) mass is 335 g/mol. The quantitative estimate of drug-likeness (QED) is 0.442. The molecule has 0 bridgehead atoms. The average Bonchev–Trinajstić information content (AvgIpc) is 2.64. The molecule has 0 radical (unpaired) electrons. The van der Waals surface area contributed by atoms with Gasteiger partial charge in [-0.2, -0.15) is 0 Å². The Morgan fingerprint density at radius 3 is 2.44 bits per heavy atom. The molecule has 0 aliphatic carbocycles. The second-order valence-electron chi connectivity index (χ2n) is 6.02. The molecule has 0 aliphatic rings. The molecule has 0 atom stereocenters. The predicted molar refractivity (Wildman–Crippen MR) is 105 cm³/mol. The van der Waals surface area contributed by atoms with Crippen molar-refractivity contribution < 1.29 is 9.90 Å². The smallest absolute Gasteiger partial charge is 0.337 e. The van der Waals surface area contributed by atoms with Gasteiger partial charge in [0.2, 0.25) is 0 Å². The lowest BCUT2D eigenvalue weighted by Gasteiger charge is -2.04. The molecule has 1 N–H and O–H groups in total. The SMILES string of the molecule is CCCCCCC(C=Nc1ccccc1C(=O)O)=Cc1ccccc1. The van der Waals surface area contributed by atoms with Crippen molar-refractivity contribution in [2.45, 2.75) is 39.0 Å². The highest BCUT2D eigenvalue weighted by atomic mass is 16.4. The first-order chi connectivity index (χ1) is 12.2. The molecule has 3 heteroatoms. The maximum Gasteiger partial charge on any atom is 0.337 e. The number of aliphatic imine (C=N–C) groups is 1. The molecule has 0 fully saturated rings. The van der Waals surface area contributed by atoms with Crippen LogP contribution in [0.2, 0.25) is 0 Å². The molecule has 2 aromatic rings. The van der Waals surface area contributed by atoms with E-state index in [1.165, 1.54) is 19.3 Å². The Kier molecular flexibility index (Phi) is 7.64. The number of hydrogen-bond acceptors (Lipinski definition) is 2. The third-order valence-corrected chi connectivity index (χ3v) is 3.97. The van der Waals surface area contributed by atoms with Crippen molar-refractivity contribution in [2.75, 3.05) is 0 Å². The van der Waals surface area contributed by atoms with Crippen LogP contribution in [0.4, 0.5) is 5.69 Å². The van der Waals surface area contributed by atoms with Crippen LogP contribution in [-0.2, 0) is 0 Å². The van der Waals surface area contributed by atoms with Crippen LogP contribution in [0.3, 0.4) is 0 Å². The number of carboxylic acid groups (broad SMARTS) is 1. The second-order valence-corrected chi connectivity index (χ2v) is 6.02. The summed E-state index contributed by atoms with van der Waals surface area (Å²) in [5, 5.41) is 9.28. The number of nitrogens with zero attached hydrogens (tertiary/aromatic N) is 1. The molecule has 0 spiro atoms. The highest BCUT2D eigenvalue weighted by molar-refractivity contribution is 5.95. The van der Waals surface area contributed by atoms with E-state index < -0.39 is 5.97 Å². The number of aromatic carboxylic acids is 1. The van der Waals surface area contributed by atoms with Crippen LogP contribution in [-0.4, -0.2) is 17.3 Å². The van der Waals surface area contributed by atoms with E-state index in [4.69, 9.17) is 0 Å². The summed E-state index contributed by atoms with van der Waals surface area (Å²) < 4.78 is 0. The van der Waals surface area contributed by atoms with Crippen LogP contribution >= 0.6 is 0 Å². The largest absolute Gasteiger partial charge is 0.478 e. The molecule has 0 heterocycles. The summed E-state index contributed by atoms with van der Waals surface area (Å²) in [4.78, 5) is 15.8. The molecule has 0 saturated heterocycles. The average molecular weight is 335 g/mol. The summed E-state index contributed by atoms with van der Waals surface area (Å²) in [5.74, 6) is -0.954. The maximum atomic E-state index is 11.3. The van der Waals surface area contributed by atoms with Gasteiger partial charge in [-0.1, -0.05) is 74.7 Å². The van der Waals surface area contributed by atoms with E-state index in [0.29, 0.717) is 5.69 Å². The van der Waals surface area contributed by atoms with Gasteiger partial charge in [0.15, 0.2) is 0 Å². The summed E-state index contributed by atoms with van der Waals surface area (Å²) in [6.45, 7) is 2.20. The van der Waals surface area contributed by atoms with Crippen molar-refractivity contribution in [1.82, 2.24) is 0 Å². The van der Waals surface area contributed by atoms with Gasteiger partial charge in [0.1, 0.15) is 0 Å². The second kappa shape index (κ2) is 10.2. The molecule has 0 aliphatic heterocycles. The fraction of sp³-hybridized carbons (Fsp3) is 0.273. The van der Waals surface area contributed by atoms with Crippen molar-refractivity contribution in [3.05, 3.63) is 71.3 Å². The summed E-state index contributed by atoms with van der Waals surface area (Å²) in [7, 11) is 0. The first kappa shape index (κ1) is 18.7. The molecular weight excluding hydrogens is 310 g/mol. The van der Waals surface area contributed by atoms with Crippen molar-refractivity contribution in [1.29, 1.82) is 0 Å². The van der Waals surface area contributed by atoms with Gasteiger partial charge in [-0.05, 0) is 36.1 Å². The Hall–Kier alpha value is -2.68. The predicted octanol–water partition coefficient (Wildman–Crippen LogP) is 6.14. The molecule has 0 aromatic heterocycles. The van der Waals surface area contributed by atoms with Gasteiger partial charge >= 0.3 is 5.97 Å².